The minimum Gasteiger partial charge on any atom is -0.324 e. The van der Waals surface area contributed by atoms with E-state index in [1.165, 1.54) is 12.3 Å². The molecule has 0 spiro atoms. The second kappa shape index (κ2) is 5.38. The summed E-state index contributed by atoms with van der Waals surface area (Å²) in [7, 11) is 0. The number of hydrogen-bond acceptors (Lipinski definition) is 2. The van der Waals surface area contributed by atoms with Crippen LogP contribution in [-0.2, 0) is 6.42 Å². The van der Waals surface area contributed by atoms with Gasteiger partial charge in [-0.2, -0.15) is 0 Å². The van der Waals surface area contributed by atoms with Crippen LogP contribution in [-0.4, -0.2) is 4.98 Å². The average molecular weight is 295 g/mol. The highest BCUT2D eigenvalue weighted by Gasteiger charge is 2.08. The molecule has 2 N–H and O–H groups in total. The van der Waals surface area contributed by atoms with Crippen molar-refractivity contribution >= 4 is 15.9 Å². The van der Waals surface area contributed by atoms with Gasteiger partial charge in [-0.3, -0.25) is 4.98 Å². The summed E-state index contributed by atoms with van der Waals surface area (Å²) in [4.78, 5) is 3.80. The van der Waals surface area contributed by atoms with Gasteiger partial charge in [0, 0.05) is 16.7 Å². The van der Waals surface area contributed by atoms with Crippen molar-refractivity contribution in [1.82, 2.24) is 4.98 Å². The zero-order valence-corrected chi connectivity index (χ0v) is 10.7. The minimum absolute atomic E-state index is 0.237. The topological polar surface area (TPSA) is 38.9 Å². The molecule has 0 radical (unpaired) electrons. The van der Waals surface area contributed by atoms with Gasteiger partial charge in [0.1, 0.15) is 5.82 Å². The van der Waals surface area contributed by atoms with E-state index in [4.69, 9.17) is 5.73 Å². The first-order valence-corrected chi connectivity index (χ1v) is 6.05. The van der Waals surface area contributed by atoms with E-state index in [1.807, 2.05) is 24.3 Å². The monoisotopic (exact) mass is 294 g/mol. The number of pyridine rings is 1. The largest absolute Gasteiger partial charge is 0.324 e. The van der Waals surface area contributed by atoms with E-state index in [-0.39, 0.29) is 11.9 Å². The van der Waals surface area contributed by atoms with Crippen molar-refractivity contribution in [2.24, 2.45) is 5.73 Å². The molecule has 1 aromatic heterocycles. The summed E-state index contributed by atoms with van der Waals surface area (Å²) >= 11 is 3.38. The Morgan fingerprint density at radius 2 is 1.94 bits per heavy atom. The van der Waals surface area contributed by atoms with E-state index >= 15 is 0 Å². The van der Waals surface area contributed by atoms with Gasteiger partial charge in [-0.15, -0.1) is 0 Å². The van der Waals surface area contributed by atoms with E-state index in [0.29, 0.717) is 12.0 Å². The number of nitrogens with zero attached hydrogens (tertiary/aromatic N) is 1. The summed E-state index contributed by atoms with van der Waals surface area (Å²) in [6, 6.07) is 9.11. The van der Waals surface area contributed by atoms with Crippen LogP contribution in [0.3, 0.4) is 0 Å². The highest BCUT2D eigenvalue weighted by molar-refractivity contribution is 9.10. The van der Waals surface area contributed by atoms with Crippen LogP contribution < -0.4 is 5.73 Å². The van der Waals surface area contributed by atoms with Crippen LogP contribution in [0.1, 0.15) is 17.2 Å². The predicted molar refractivity (Wildman–Crippen MR) is 69.0 cm³/mol. The van der Waals surface area contributed by atoms with E-state index in [9.17, 15) is 4.39 Å². The molecule has 0 bridgehead atoms. The second-order valence-electron chi connectivity index (χ2n) is 3.87. The lowest BCUT2D eigenvalue weighted by molar-refractivity contribution is 0.610. The van der Waals surface area contributed by atoms with Crippen molar-refractivity contribution in [3.05, 3.63) is 64.1 Å². The third-order valence-electron chi connectivity index (χ3n) is 2.52. The van der Waals surface area contributed by atoms with Crippen molar-refractivity contribution in [2.45, 2.75) is 12.5 Å². The molecule has 2 rings (SSSR count). The summed E-state index contributed by atoms with van der Waals surface area (Å²) in [5.74, 6) is -0.353. The third kappa shape index (κ3) is 3.35. The molecule has 1 unspecified atom stereocenters. The molecule has 1 heterocycles. The molecule has 2 nitrogen and oxygen atoms in total. The molecule has 0 saturated heterocycles. The lowest BCUT2D eigenvalue weighted by atomic mass is 10.0. The summed E-state index contributed by atoms with van der Waals surface area (Å²) < 4.78 is 14.0. The molecular weight excluding hydrogens is 283 g/mol. The van der Waals surface area contributed by atoms with Crippen LogP contribution in [0.4, 0.5) is 4.39 Å². The fourth-order valence-electron chi connectivity index (χ4n) is 1.62. The number of benzene rings is 1. The van der Waals surface area contributed by atoms with Crippen molar-refractivity contribution in [3.8, 4) is 0 Å². The Morgan fingerprint density at radius 3 is 2.59 bits per heavy atom. The number of halogens is 2. The van der Waals surface area contributed by atoms with E-state index in [2.05, 4.69) is 20.9 Å². The standard InChI is InChI=1S/C13H12BrFN2/c14-11-3-1-9(2-4-11)5-13(16)10-6-12(15)8-17-7-10/h1-4,6-8,13H,5,16H2. The first-order chi connectivity index (χ1) is 8.15. The van der Waals surface area contributed by atoms with Crippen molar-refractivity contribution < 1.29 is 4.39 Å². The van der Waals surface area contributed by atoms with Gasteiger partial charge in [0.05, 0.1) is 6.20 Å². The average Bonchev–Trinajstić information content (AvgIpc) is 2.32. The van der Waals surface area contributed by atoms with Crippen molar-refractivity contribution in [2.75, 3.05) is 0 Å². The molecule has 4 heteroatoms. The molecule has 1 aromatic carbocycles. The normalized spacial score (nSPS) is 12.4. The van der Waals surface area contributed by atoms with E-state index in [0.717, 1.165) is 10.0 Å². The minimum atomic E-state index is -0.353. The summed E-state index contributed by atoms with van der Waals surface area (Å²) in [5, 5.41) is 0. The molecule has 0 amide bonds. The molecule has 1 atom stereocenters. The van der Waals surface area contributed by atoms with E-state index < -0.39 is 0 Å². The molecule has 2 aromatic rings. The Bertz CT molecular complexity index is 499. The van der Waals surface area contributed by atoms with Gasteiger partial charge in [-0.25, -0.2) is 4.39 Å². The summed E-state index contributed by atoms with van der Waals surface area (Å²) in [6.45, 7) is 0. The van der Waals surface area contributed by atoms with Crippen LogP contribution in [0.15, 0.2) is 47.2 Å². The van der Waals surface area contributed by atoms with Crippen LogP contribution in [0.5, 0.6) is 0 Å². The van der Waals surface area contributed by atoms with Crippen LogP contribution >= 0.6 is 15.9 Å². The van der Waals surface area contributed by atoms with Gasteiger partial charge in [-0.05, 0) is 35.7 Å². The van der Waals surface area contributed by atoms with Gasteiger partial charge in [0.2, 0.25) is 0 Å². The third-order valence-corrected chi connectivity index (χ3v) is 3.05. The SMILES string of the molecule is NC(Cc1ccc(Br)cc1)c1cncc(F)c1. The van der Waals surface area contributed by atoms with Gasteiger partial charge >= 0.3 is 0 Å². The van der Waals surface area contributed by atoms with Gasteiger partial charge < -0.3 is 5.73 Å². The van der Waals surface area contributed by atoms with Crippen LogP contribution in [0, 0.1) is 5.82 Å². The lowest BCUT2D eigenvalue weighted by Crippen LogP contribution is -2.13. The Balaban J connectivity index is 2.11. The van der Waals surface area contributed by atoms with Crippen LogP contribution in [0.25, 0.3) is 0 Å². The first kappa shape index (κ1) is 12.2. The number of nitrogens with two attached hydrogens (primary N) is 1. The molecule has 17 heavy (non-hydrogen) atoms. The molecule has 0 aliphatic rings. The number of hydrogen-bond donors (Lipinski definition) is 1. The highest BCUT2D eigenvalue weighted by atomic mass is 79.9. The maximum absolute atomic E-state index is 13.0. The van der Waals surface area contributed by atoms with Crippen molar-refractivity contribution in [1.29, 1.82) is 0 Å². The molecule has 0 fully saturated rings. The molecule has 0 aliphatic carbocycles. The van der Waals surface area contributed by atoms with E-state index in [1.54, 1.807) is 6.20 Å². The summed E-state index contributed by atoms with van der Waals surface area (Å²) in [6.07, 6.45) is 3.45. The number of aromatic nitrogens is 1. The van der Waals surface area contributed by atoms with Gasteiger partial charge in [0.25, 0.3) is 0 Å². The Labute approximate surface area is 108 Å². The maximum atomic E-state index is 13.0. The Morgan fingerprint density at radius 1 is 1.24 bits per heavy atom. The Hall–Kier alpha value is -1.26. The predicted octanol–water partition coefficient (Wildman–Crippen LogP) is 3.23. The fourth-order valence-corrected chi connectivity index (χ4v) is 1.89. The highest BCUT2D eigenvalue weighted by Crippen LogP contribution is 2.18. The van der Waals surface area contributed by atoms with Crippen molar-refractivity contribution in [3.63, 3.8) is 0 Å². The van der Waals surface area contributed by atoms with Gasteiger partial charge in [-0.1, -0.05) is 28.1 Å². The summed E-state index contributed by atoms with van der Waals surface area (Å²) in [5.41, 5.74) is 7.85. The first-order valence-electron chi connectivity index (χ1n) is 5.25. The number of rotatable bonds is 3. The maximum Gasteiger partial charge on any atom is 0.141 e. The smallest absolute Gasteiger partial charge is 0.141 e. The zero-order valence-electron chi connectivity index (χ0n) is 9.11. The lowest BCUT2D eigenvalue weighted by Gasteiger charge is -2.11. The second-order valence-corrected chi connectivity index (χ2v) is 4.79. The molecule has 0 aliphatic heterocycles. The zero-order chi connectivity index (χ0) is 12.3. The molecule has 88 valence electrons. The molecular formula is C13H12BrFN2. The Kier molecular flexibility index (Phi) is 3.86. The quantitative estimate of drug-likeness (QED) is 0.944. The molecule has 0 saturated carbocycles. The van der Waals surface area contributed by atoms with Gasteiger partial charge in [0.15, 0.2) is 0 Å². The fraction of sp³-hybridized carbons (Fsp3) is 0.154. The van der Waals surface area contributed by atoms with Crippen LogP contribution in [0.2, 0.25) is 0 Å².